The average molecular weight is 498 g/mol. The molecule has 0 unspecified atom stereocenters. The summed E-state index contributed by atoms with van der Waals surface area (Å²) in [6, 6.07) is 17.4. The molecule has 0 aliphatic heterocycles. The number of nitro benzene ring substituents is 1. The molecule has 0 aliphatic rings. The predicted octanol–water partition coefficient (Wildman–Crippen LogP) is 6.03. The Balaban J connectivity index is 1.81. The molecule has 0 aromatic heterocycles. The van der Waals surface area contributed by atoms with Crippen LogP contribution in [0.15, 0.2) is 66.2 Å². The van der Waals surface area contributed by atoms with Gasteiger partial charge in [0.25, 0.3) is 11.6 Å². The quantitative estimate of drug-likeness (QED) is 0.175. The lowest BCUT2D eigenvalue weighted by Crippen LogP contribution is -2.13. The number of ether oxygens (including phenoxy) is 2. The number of hydrogen-bond acceptors (Lipinski definition) is 6. The summed E-state index contributed by atoms with van der Waals surface area (Å²) in [7, 11) is 1.44. The van der Waals surface area contributed by atoms with Crippen LogP contribution in [0.2, 0.25) is 10.0 Å². The zero-order chi connectivity index (χ0) is 24.7. The number of nitrogens with one attached hydrogen (secondary N) is 1. The molecule has 0 bridgehead atoms. The number of halogens is 2. The smallest absolute Gasteiger partial charge is 0.271 e. The van der Waals surface area contributed by atoms with E-state index in [0.717, 1.165) is 5.56 Å². The SMILES string of the molecule is COc1cc(/C=C(\C#N)C(=O)Nc2cccc([N+](=O)[O-])c2)cc(Cl)c1OCc1ccc(Cl)cc1. The summed E-state index contributed by atoms with van der Waals surface area (Å²) in [6.45, 7) is 0.220. The van der Waals surface area contributed by atoms with Crippen molar-refractivity contribution in [3.05, 3.63) is 97.5 Å². The number of nitrogens with zero attached hydrogens (tertiary/aromatic N) is 2. The Morgan fingerprint density at radius 3 is 2.56 bits per heavy atom. The molecule has 0 heterocycles. The Kier molecular flexibility index (Phi) is 8.09. The van der Waals surface area contributed by atoms with Gasteiger partial charge in [-0.3, -0.25) is 14.9 Å². The van der Waals surface area contributed by atoms with Gasteiger partial charge in [0, 0.05) is 22.8 Å². The Hall–Kier alpha value is -4.06. The van der Waals surface area contributed by atoms with Gasteiger partial charge in [-0.1, -0.05) is 41.4 Å². The third-order valence-corrected chi connectivity index (χ3v) is 5.07. The van der Waals surface area contributed by atoms with Gasteiger partial charge in [0.2, 0.25) is 0 Å². The van der Waals surface area contributed by atoms with Crippen LogP contribution in [0.5, 0.6) is 11.5 Å². The van der Waals surface area contributed by atoms with E-state index in [9.17, 15) is 20.2 Å². The molecule has 0 saturated heterocycles. The number of nitriles is 1. The molecule has 34 heavy (non-hydrogen) atoms. The first-order valence-electron chi connectivity index (χ1n) is 9.73. The van der Waals surface area contributed by atoms with Gasteiger partial charge in [0.1, 0.15) is 18.2 Å². The van der Waals surface area contributed by atoms with E-state index in [1.165, 1.54) is 43.5 Å². The zero-order valence-corrected chi connectivity index (χ0v) is 19.3. The standard InChI is InChI=1S/C24H17Cl2N3O5/c1-33-22-11-16(10-21(26)23(22)34-14-15-5-7-18(25)8-6-15)9-17(13-27)24(30)28-19-3-2-4-20(12-19)29(31)32/h2-12H,14H2,1H3,(H,28,30)/b17-9+. The molecule has 8 nitrogen and oxygen atoms in total. The number of carbonyl (C=O) groups excluding carboxylic acids is 1. The van der Waals surface area contributed by atoms with Gasteiger partial charge in [-0.25, -0.2) is 0 Å². The van der Waals surface area contributed by atoms with Gasteiger partial charge in [0.05, 0.1) is 17.1 Å². The van der Waals surface area contributed by atoms with Crippen molar-refractivity contribution in [2.45, 2.75) is 6.61 Å². The minimum Gasteiger partial charge on any atom is -0.493 e. The van der Waals surface area contributed by atoms with Crippen molar-refractivity contribution >= 4 is 46.6 Å². The number of anilines is 1. The van der Waals surface area contributed by atoms with Crippen molar-refractivity contribution in [1.29, 1.82) is 5.26 Å². The lowest BCUT2D eigenvalue weighted by molar-refractivity contribution is -0.384. The first-order chi connectivity index (χ1) is 16.3. The van der Waals surface area contributed by atoms with E-state index in [2.05, 4.69) is 5.32 Å². The van der Waals surface area contributed by atoms with Gasteiger partial charge in [-0.2, -0.15) is 5.26 Å². The van der Waals surface area contributed by atoms with Crippen LogP contribution in [0.4, 0.5) is 11.4 Å². The summed E-state index contributed by atoms with van der Waals surface area (Å²) >= 11 is 12.3. The largest absolute Gasteiger partial charge is 0.493 e. The van der Waals surface area contributed by atoms with Crippen molar-refractivity contribution in [2.24, 2.45) is 0 Å². The normalized spacial score (nSPS) is 10.8. The van der Waals surface area contributed by atoms with Gasteiger partial charge >= 0.3 is 0 Å². The van der Waals surface area contributed by atoms with E-state index in [1.54, 1.807) is 18.2 Å². The molecular weight excluding hydrogens is 481 g/mol. The fraction of sp³-hybridized carbons (Fsp3) is 0.0833. The summed E-state index contributed by atoms with van der Waals surface area (Å²) in [5.74, 6) is -0.124. The third kappa shape index (κ3) is 6.25. The van der Waals surface area contributed by atoms with Crippen molar-refractivity contribution in [1.82, 2.24) is 0 Å². The van der Waals surface area contributed by atoms with Crippen LogP contribution in [0.25, 0.3) is 6.08 Å². The second-order valence-corrected chi connectivity index (χ2v) is 7.72. The Morgan fingerprint density at radius 2 is 1.91 bits per heavy atom. The molecule has 172 valence electrons. The van der Waals surface area contributed by atoms with Crippen molar-refractivity contribution in [3.63, 3.8) is 0 Å². The van der Waals surface area contributed by atoms with Crippen LogP contribution in [-0.2, 0) is 11.4 Å². The highest BCUT2D eigenvalue weighted by Gasteiger charge is 2.15. The maximum Gasteiger partial charge on any atom is 0.271 e. The van der Waals surface area contributed by atoms with Gasteiger partial charge in [-0.15, -0.1) is 0 Å². The van der Waals surface area contributed by atoms with Crippen molar-refractivity contribution in [3.8, 4) is 17.6 Å². The Morgan fingerprint density at radius 1 is 1.18 bits per heavy atom. The molecule has 1 N–H and O–H groups in total. The summed E-state index contributed by atoms with van der Waals surface area (Å²) in [4.78, 5) is 22.9. The Labute approximate surface area is 205 Å². The highest BCUT2D eigenvalue weighted by molar-refractivity contribution is 6.32. The summed E-state index contributed by atoms with van der Waals surface area (Å²) in [5.41, 5.74) is 1.05. The van der Waals surface area contributed by atoms with Gasteiger partial charge < -0.3 is 14.8 Å². The van der Waals surface area contributed by atoms with Crippen LogP contribution in [0.3, 0.4) is 0 Å². The number of methoxy groups -OCH3 is 1. The minimum atomic E-state index is -0.735. The number of carbonyl (C=O) groups is 1. The van der Waals surface area contributed by atoms with E-state index in [-0.39, 0.29) is 28.6 Å². The van der Waals surface area contributed by atoms with Crippen LogP contribution >= 0.6 is 23.2 Å². The zero-order valence-electron chi connectivity index (χ0n) is 17.7. The number of benzene rings is 3. The van der Waals surface area contributed by atoms with Crippen LogP contribution in [-0.4, -0.2) is 17.9 Å². The second-order valence-electron chi connectivity index (χ2n) is 6.88. The second kappa shape index (κ2) is 11.2. The lowest BCUT2D eigenvalue weighted by Gasteiger charge is -2.14. The third-order valence-electron chi connectivity index (χ3n) is 4.54. The van der Waals surface area contributed by atoms with E-state index in [1.807, 2.05) is 18.2 Å². The molecule has 0 atom stereocenters. The number of non-ortho nitro benzene ring substituents is 1. The first-order valence-corrected chi connectivity index (χ1v) is 10.5. The highest BCUT2D eigenvalue weighted by Crippen LogP contribution is 2.37. The van der Waals surface area contributed by atoms with E-state index in [0.29, 0.717) is 22.1 Å². The number of nitro groups is 1. The maximum atomic E-state index is 12.5. The number of rotatable bonds is 8. The summed E-state index contributed by atoms with van der Waals surface area (Å²) in [6.07, 6.45) is 1.32. The molecule has 1 amide bonds. The van der Waals surface area contributed by atoms with Crippen molar-refractivity contribution < 1.29 is 19.2 Å². The van der Waals surface area contributed by atoms with Crippen LogP contribution in [0, 0.1) is 21.4 Å². The average Bonchev–Trinajstić information content (AvgIpc) is 2.82. The maximum absolute atomic E-state index is 12.5. The van der Waals surface area contributed by atoms with Crippen molar-refractivity contribution in [2.75, 3.05) is 12.4 Å². The van der Waals surface area contributed by atoms with E-state index < -0.39 is 10.8 Å². The van der Waals surface area contributed by atoms with E-state index >= 15 is 0 Å². The van der Waals surface area contributed by atoms with Crippen LogP contribution in [0.1, 0.15) is 11.1 Å². The lowest BCUT2D eigenvalue weighted by atomic mass is 10.1. The molecule has 3 rings (SSSR count). The monoisotopic (exact) mass is 497 g/mol. The fourth-order valence-corrected chi connectivity index (χ4v) is 3.31. The summed E-state index contributed by atoms with van der Waals surface area (Å²) < 4.78 is 11.2. The Bertz CT molecular complexity index is 1300. The number of hydrogen-bond donors (Lipinski definition) is 1. The molecule has 3 aromatic rings. The fourth-order valence-electron chi connectivity index (χ4n) is 2.91. The molecular formula is C24H17Cl2N3O5. The molecule has 10 heteroatoms. The highest BCUT2D eigenvalue weighted by atomic mass is 35.5. The molecule has 3 aromatic carbocycles. The predicted molar refractivity (Wildman–Crippen MR) is 129 cm³/mol. The van der Waals surface area contributed by atoms with Gasteiger partial charge in [0.15, 0.2) is 11.5 Å². The molecule has 0 aliphatic carbocycles. The van der Waals surface area contributed by atoms with Crippen LogP contribution < -0.4 is 14.8 Å². The molecule has 0 radical (unpaired) electrons. The number of amides is 1. The van der Waals surface area contributed by atoms with Gasteiger partial charge in [-0.05, 0) is 47.5 Å². The molecule has 0 spiro atoms. The molecule has 0 saturated carbocycles. The molecule has 0 fully saturated rings. The van der Waals surface area contributed by atoms with E-state index in [4.69, 9.17) is 32.7 Å². The topological polar surface area (TPSA) is 114 Å². The summed E-state index contributed by atoms with van der Waals surface area (Å²) in [5, 5.41) is 23.7. The first kappa shape index (κ1) is 24.6. The minimum absolute atomic E-state index is 0.182.